The van der Waals surface area contributed by atoms with Crippen molar-refractivity contribution in [1.29, 1.82) is 0 Å². The number of hydrogen-bond donors (Lipinski definition) is 1. The lowest BCUT2D eigenvalue weighted by Gasteiger charge is -2.12. The Morgan fingerprint density at radius 1 is 1.38 bits per heavy atom. The quantitative estimate of drug-likeness (QED) is 0.938. The molecule has 110 valence electrons. The van der Waals surface area contributed by atoms with Crippen molar-refractivity contribution in [3.05, 3.63) is 29.2 Å². The van der Waals surface area contributed by atoms with Crippen LogP contribution in [0.25, 0.3) is 11.1 Å². The second-order valence-electron chi connectivity index (χ2n) is 6.31. The van der Waals surface area contributed by atoms with E-state index in [1.165, 1.54) is 11.1 Å². The van der Waals surface area contributed by atoms with Gasteiger partial charge in [0, 0.05) is 24.9 Å². The van der Waals surface area contributed by atoms with E-state index in [1.807, 2.05) is 6.92 Å². The monoisotopic (exact) mass is 284 g/mol. The Bertz CT molecular complexity index is 700. The normalized spacial score (nSPS) is 20.7. The predicted molar refractivity (Wildman–Crippen MR) is 80.2 cm³/mol. The van der Waals surface area contributed by atoms with Crippen LogP contribution >= 0.6 is 0 Å². The Morgan fingerprint density at radius 3 is 3.05 bits per heavy atom. The number of aryl methyl sites for hydroxylation is 2. The van der Waals surface area contributed by atoms with Crippen LogP contribution in [0.3, 0.4) is 0 Å². The highest BCUT2D eigenvalue weighted by atomic mass is 16.3. The summed E-state index contributed by atoms with van der Waals surface area (Å²) in [6, 6.07) is 4.24. The van der Waals surface area contributed by atoms with E-state index in [0.29, 0.717) is 11.8 Å². The zero-order chi connectivity index (χ0) is 14.4. The Kier molecular flexibility index (Phi) is 2.98. The van der Waals surface area contributed by atoms with Crippen LogP contribution in [0.15, 0.2) is 16.5 Å². The van der Waals surface area contributed by atoms with E-state index in [2.05, 4.69) is 22.4 Å². The van der Waals surface area contributed by atoms with Crippen LogP contribution in [0, 0.1) is 12.8 Å². The van der Waals surface area contributed by atoms with Crippen molar-refractivity contribution < 1.29 is 9.21 Å². The van der Waals surface area contributed by atoms with Gasteiger partial charge >= 0.3 is 0 Å². The Labute approximate surface area is 123 Å². The Morgan fingerprint density at radius 2 is 2.24 bits per heavy atom. The van der Waals surface area contributed by atoms with E-state index >= 15 is 0 Å². The topological polar surface area (TPSA) is 55.1 Å². The molecule has 1 atom stereocenters. The number of carbonyl (C=O) groups excluding carboxylic acids is 1. The summed E-state index contributed by atoms with van der Waals surface area (Å²) in [5, 5.41) is 3.07. The lowest BCUT2D eigenvalue weighted by Crippen LogP contribution is -2.26. The summed E-state index contributed by atoms with van der Waals surface area (Å²) in [6.45, 7) is 2.66. The lowest BCUT2D eigenvalue weighted by atomic mass is 9.97. The van der Waals surface area contributed by atoms with E-state index < -0.39 is 0 Å². The Balaban J connectivity index is 1.51. The average Bonchev–Trinajstić information content (AvgIpc) is 3.13. The molecule has 0 unspecified atom stereocenters. The number of carbonyl (C=O) groups is 1. The van der Waals surface area contributed by atoms with Crippen LogP contribution in [0.4, 0.5) is 0 Å². The summed E-state index contributed by atoms with van der Waals surface area (Å²) in [7, 11) is 0. The maximum atomic E-state index is 11.7. The van der Waals surface area contributed by atoms with Crippen LogP contribution in [-0.4, -0.2) is 17.4 Å². The number of benzene rings is 1. The van der Waals surface area contributed by atoms with Gasteiger partial charge in [0.2, 0.25) is 5.91 Å². The van der Waals surface area contributed by atoms with Gasteiger partial charge in [0.05, 0.1) is 0 Å². The summed E-state index contributed by atoms with van der Waals surface area (Å²) in [5.74, 6) is 1.74. The third kappa shape index (κ3) is 2.33. The van der Waals surface area contributed by atoms with Gasteiger partial charge in [0.1, 0.15) is 5.52 Å². The third-order valence-electron chi connectivity index (χ3n) is 4.70. The van der Waals surface area contributed by atoms with Crippen molar-refractivity contribution >= 4 is 17.0 Å². The molecular weight excluding hydrogens is 264 g/mol. The van der Waals surface area contributed by atoms with Crippen molar-refractivity contribution in [3.8, 4) is 0 Å². The first-order valence-electron chi connectivity index (χ1n) is 7.89. The summed E-state index contributed by atoms with van der Waals surface area (Å²) < 4.78 is 5.82. The Hall–Kier alpha value is -1.84. The van der Waals surface area contributed by atoms with Gasteiger partial charge < -0.3 is 9.73 Å². The molecule has 1 heterocycles. The van der Waals surface area contributed by atoms with E-state index in [-0.39, 0.29) is 5.91 Å². The maximum Gasteiger partial charge on any atom is 0.223 e. The smallest absolute Gasteiger partial charge is 0.223 e. The minimum Gasteiger partial charge on any atom is -0.441 e. The van der Waals surface area contributed by atoms with E-state index in [0.717, 1.165) is 55.6 Å². The van der Waals surface area contributed by atoms with Gasteiger partial charge in [-0.05, 0) is 49.7 Å². The van der Waals surface area contributed by atoms with Crippen molar-refractivity contribution in [1.82, 2.24) is 10.3 Å². The fourth-order valence-corrected chi connectivity index (χ4v) is 3.45. The van der Waals surface area contributed by atoms with Crippen molar-refractivity contribution in [2.75, 3.05) is 6.54 Å². The number of rotatable bonds is 4. The molecule has 1 fully saturated rings. The molecule has 0 bridgehead atoms. The van der Waals surface area contributed by atoms with Gasteiger partial charge in [-0.2, -0.15) is 0 Å². The largest absolute Gasteiger partial charge is 0.441 e. The zero-order valence-electron chi connectivity index (χ0n) is 12.3. The first-order chi connectivity index (χ1) is 10.2. The molecule has 2 aromatic rings. The van der Waals surface area contributed by atoms with Crippen LogP contribution in [0.5, 0.6) is 0 Å². The standard InChI is InChI=1S/C17H20N2O2/c1-10-19-14-7-6-11-2-3-12(15(11)16(14)21-10)8-9-18-17(20)13-4-5-13/h6-7,12-13H,2-5,8-9H2,1H3,(H,18,20)/t12-/m1/s1. The molecule has 2 aliphatic rings. The molecule has 21 heavy (non-hydrogen) atoms. The number of fused-ring (bicyclic) bond motifs is 3. The number of nitrogens with zero attached hydrogens (tertiary/aromatic N) is 1. The van der Waals surface area contributed by atoms with Crippen LogP contribution in [0.1, 0.15) is 48.6 Å². The highest BCUT2D eigenvalue weighted by Gasteiger charge is 2.30. The van der Waals surface area contributed by atoms with Gasteiger partial charge in [-0.15, -0.1) is 0 Å². The number of amides is 1. The van der Waals surface area contributed by atoms with Gasteiger partial charge in [-0.25, -0.2) is 4.98 Å². The van der Waals surface area contributed by atoms with Crippen molar-refractivity contribution in [3.63, 3.8) is 0 Å². The van der Waals surface area contributed by atoms with Crippen LogP contribution in [-0.2, 0) is 11.2 Å². The molecule has 0 saturated heterocycles. The third-order valence-corrected chi connectivity index (χ3v) is 4.70. The van der Waals surface area contributed by atoms with Crippen molar-refractivity contribution in [2.45, 2.75) is 44.9 Å². The summed E-state index contributed by atoms with van der Waals surface area (Å²) in [5.41, 5.74) is 4.63. The molecule has 1 aromatic carbocycles. The van der Waals surface area contributed by atoms with E-state index in [4.69, 9.17) is 4.42 Å². The summed E-state index contributed by atoms with van der Waals surface area (Å²) in [4.78, 5) is 16.1. The molecule has 4 heteroatoms. The first-order valence-corrected chi connectivity index (χ1v) is 7.89. The molecule has 1 N–H and O–H groups in total. The molecule has 4 rings (SSSR count). The lowest BCUT2D eigenvalue weighted by molar-refractivity contribution is -0.122. The molecular formula is C17H20N2O2. The van der Waals surface area contributed by atoms with E-state index in [9.17, 15) is 4.79 Å². The molecule has 1 saturated carbocycles. The molecule has 4 nitrogen and oxygen atoms in total. The molecule has 0 aliphatic heterocycles. The van der Waals surface area contributed by atoms with Crippen LogP contribution in [0.2, 0.25) is 0 Å². The second kappa shape index (κ2) is 4.86. The molecule has 2 aliphatic carbocycles. The van der Waals surface area contributed by atoms with Gasteiger partial charge in [0.15, 0.2) is 11.5 Å². The van der Waals surface area contributed by atoms with E-state index in [1.54, 1.807) is 0 Å². The van der Waals surface area contributed by atoms with Gasteiger partial charge in [-0.1, -0.05) is 6.07 Å². The van der Waals surface area contributed by atoms with Crippen molar-refractivity contribution in [2.24, 2.45) is 5.92 Å². The number of nitrogens with one attached hydrogen (secondary N) is 1. The highest BCUT2D eigenvalue weighted by Crippen LogP contribution is 2.40. The minimum atomic E-state index is 0.238. The molecule has 0 radical (unpaired) electrons. The highest BCUT2D eigenvalue weighted by molar-refractivity contribution is 5.81. The number of hydrogen-bond acceptors (Lipinski definition) is 3. The summed E-state index contributed by atoms with van der Waals surface area (Å²) in [6.07, 6.45) is 5.37. The number of oxazole rings is 1. The first kappa shape index (κ1) is 12.9. The molecule has 1 aromatic heterocycles. The number of aromatic nitrogens is 1. The van der Waals surface area contributed by atoms with Gasteiger partial charge in [-0.3, -0.25) is 4.79 Å². The van der Waals surface area contributed by atoms with Crippen LogP contribution < -0.4 is 5.32 Å². The molecule has 0 spiro atoms. The fraction of sp³-hybridized carbons (Fsp3) is 0.529. The fourth-order valence-electron chi connectivity index (χ4n) is 3.45. The second-order valence-corrected chi connectivity index (χ2v) is 6.31. The zero-order valence-corrected chi connectivity index (χ0v) is 12.3. The average molecular weight is 284 g/mol. The van der Waals surface area contributed by atoms with Gasteiger partial charge in [0.25, 0.3) is 0 Å². The maximum absolute atomic E-state index is 11.7. The SMILES string of the molecule is Cc1nc2ccc3c(c2o1)[C@@H](CCNC(=O)C1CC1)CC3. The summed E-state index contributed by atoms with van der Waals surface area (Å²) >= 11 is 0. The minimum absolute atomic E-state index is 0.238. The predicted octanol–water partition coefficient (Wildman–Crippen LogP) is 3.08. The molecule has 1 amide bonds.